The minimum atomic E-state index is -0.237. The maximum atomic E-state index is 12.3. The zero-order chi connectivity index (χ0) is 18.4. The smallest absolute Gasteiger partial charge is 0.225 e. The Morgan fingerprint density at radius 2 is 1.82 bits per heavy atom. The number of hydrogen-bond donors (Lipinski definition) is 2. The fourth-order valence-corrected chi connectivity index (χ4v) is 3.41. The molecule has 0 aromatic heterocycles. The molecule has 2 aliphatic heterocycles. The molecular weight excluding hydrogens is 403 g/mol. The highest BCUT2D eigenvalue weighted by molar-refractivity contribution is 5.89. The van der Waals surface area contributed by atoms with Crippen molar-refractivity contribution in [1.29, 1.82) is 0 Å². The van der Waals surface area contributed by atoms with Gasteiger partial charge in [-0.05, 0) is 24.1 Å². The van der Waals surface area contributed by atoms with Crippen LogP contribution in [0.5, 0.6) is 0 Å². The fourth-order valence-electron chi connectivity index (χ4n) is 3.41. The predicted molar refractivity (Wildman–Crippen MR) is 114 cm³/mol. The van der Waals surface area contributed by atoms with Gasteiger partial charge in [-0.2, -0.15) is 0 Å². The first kappa shape index (κ1) is 24.5. The van der Waals surface area contributed by atoms with Gasteiger partial charge in [-0.3, -0.25) is 14.5 Å². The topological polar surface area (TPSA) is 87.9 Å². The van der Waals surface area contributed by atoms with Gasteiger partial charge in [0.25, 0.3) is 0 Å². The van der Waals surface area contributed by atoms with Gasteiger partial charge in [0, 0.05) is 51.4 Å². The van der Waals surface area contributed by atoms with Crippen molar-refractivity contribution in [3.8, 4) is 0 Å². The number of rotatable bonds is 7. The molecule has 3 N–H and O–H groups in total. The van der Waals surface area contributed by atoms with E-state index in [1.54, 1.807) is 0 Å². The molecule has 1 atom stereocenters. The van der Waals surface area contributed by atoms with Crippen LogP contribution >= 0.6 is 24.8 Å². The predicted octanol–water partition coefficient (Wildman–Crippen LogP) is 0.952. The van der Waals surface area contributed by atoms with Crippen molar-refractivity contribution in [2.75, 3.05) is 58.2 Å². The number of ether oxygens (including phenoxy) is 1. The molecule has 2 saturated heterocycles. The Bertz CT molecular complexity index is 624. The molecule has 0 aliphatic carbocycles. The molecule has 3 rings (SSSR count). The SMILES string of the molecule is Cl.Cl.Nc1ccc(CCNC(=O)C2CC(=O)N(CCN3CCOCC3)C2)cc1. The first-order chi connectivity index (χ1) is 12.6. The molecule has 2 aliphatic rings. The average Bonchev–Trinajstić information content (AvgIpc) is 3.03. The van der Waals surface area contributed by atoms with Crippen LogP contribution in [-0.2, 0) is 20.7 Å². The van der Waals surface area contributed by atoms with E-state index in [9.17, 15) is 9.59 Å². The van der Waals surface area contributed by atoms with Crippen molar-refractivity contribution < 1.29 is 14.3 Å². The number of nitrogens with one attached hydrogen (secondary N) is 1. The molecule has 1 aromatic carbocycles. The number of carbonyl (C=O) groups is 2. The van der Waals surface area contributed by atoms with Crippen LogP contribution in [0, 0.1) is 5.92 Å². The molecular formula is C19H30Cl2N4O3. The lowest BCUT2D eigenvalue weighted by Gasteiger charge is -2.28. The summed E-state index contributed by atoms with van der Waals surface area (Å²) in [7, 11) is 0. The van der Waals surface area contributed by atoms with E-state index in [0.29, 0.717) is 26.1 Å². The van der Waals surface area contributed by atoms with E-state index < -0.39 is 0 Å². The van der Waals surface area contributed by atoms with E-state index in [1.165, 1.54) is 0 Å². The summed E-state index contributed by atoms with van der Waals surface area (Å²) in [5, 5.41) is 2.96. The molecule has 0 bridgehead atoms. The average molecular weight is 433 g/mol. The lowest BCUT2D eigenvalue weighted by Crippen LogP contribution is -2.42. The van der Waals surface area contributed by atoms with Gasteiger partial charge in [-0.1, -0.05) is 12.1 Å². The molecule has 7 nitrogen and oxygen atoms in total. The van der Waals surface area contributed by atoms with Gasteiger partial charge >= 0.3 is 0 Å². The lowest BCUT2D eigenvalue weighted by atomic mass is 10.1. The molecule has 0 spiro atoms. The second-order valence-corrected chi connectivity index (χ2v) is 6.98. The number of anilines is 1. The van der Waals surface area contributed by atoms with E-state index in [1.807, 2.05) is 29.2 Å². The van der Waals surface area contributed by atoms with E-state index in [0.717, 1.165) is 50.5 Å². The summed E-state index contributed by atoms with van der Waals surface area (Å²) in [4.78, 5) is 28.7. The number of amides is 2. The number of nitrogens with two attached hydrogens (primary N) is 1. The number of morpholine rings is 1. The molecule has 2 amide bonds. The van der Waals surface area contributed by atoms with Gasteiger partial charge in [-0.15, -0.1) is 24.8 Å². The zero-order valence-electron chi connectivity index (χ0n) is 16.0. The Labute approximate surface area is 178 Å². The molecule has 28 heavy (non-hydrogen) atoms. The summed E-state index contributed by atoms with van der Waals surface area (Å²) >= 11 is 0. The maximum absolute atomic E-state index is 12.3. The van der Waals surface area contributed by atoms with Gasteiger partial charge in [0.05, 0.1) is 19.1 Å². The van der Waals surface area contributed by atoms with Crippen LogP contribution in [0.15, 0.2) is 24.3 Å². The largest absolute Gasteiger partial charge is 0.399 e. The molecule has 0 radical (unpaired) electrons. The Morgan fingerprint density at radius 1 is 1.14 bits per heavy atom. The standard InChI is InChI=1S/C19H28N4O3.2ClH/c20-17-3-1-15(2-4-17)5-6-21-19(25)16-13-18(24)23(14-16)8-7-22-9-11-26-12-10-22;;/h1-4,16H,5-14,20H2,(H,21,25);2*1H. The molecule has 2 fully saturated rings. The Hall–Kier alpha value is -1.54. The van der Waals surface area contributed by atoms with Crippen LogP contribution in [0.25, 0.3) is 0 Å². The first-order valence-electron chi connectivity index (χ1n) is 9.32. The number of benzene rings is 1. The quantitative estimate of drug-likeness (QED) is 0.626. The fraction of sp³-hybridized carbons (Fsp3) is 0.579. The van der Waals surface area contributed by atoms with Crippen molar-refractivity contribution in [2.24, 2.45) is 5.92 Å². The van der Waals surface area contributed by atoms with Crippen molar-refractivity contribution in [2.45, 2.75) is 12.8 Å². The van der Waals surface area contributed by atoms with Crippen LogP contribution in [0.4, 0.5) is 5.69 Å². The summed E-state index contributed by atoms with van der Waals surface area (Å²) in [6, 6.07) is 7.65. The minimum Gasteiger partial charge on any atom is -0.399 e. The highest BCUT2D eigenvalue weighted by Gasteiger charge is 2.34. The van der Waals surface area contributed by atoms with Crippen LogP contribution in [0.2, 0.25) is 0 Å². The van der Waals surface area contributed by atoms with Gasteiger partial charge in [0.1, 0.15) is 0 Å². The van der Waals surface area contributed by atoms with Gasteiger partial charge in [0.15, 0.2) is 0 Å². The third kappa shape index (κ3) is 7.13. The highest BCUT2D eigenvalue weighted by Crippen LogP contribution is 2.18. The number of likely N-dealkylation sites (tertiary alicyclic amines) is 1. The number of nitrogens with zero attached hydrogens (tertiary/aromatic N) is 2. The number of carbonyl (C=O) groups excluding carboxylic acids is 2. The summed E-state index contributed by atoms with van der Waals surface area (Å²) in [6.07, 6.45) is 1.07. The third-order valence-corrected chi connectivity index (χ3v) is 5.07. The zero-order valence-corrected chi connectivity index (χ0v) is 17.6. The third-order valence-electron chi connectivity index (χ3n) is 5.07. The van der Waals surface area contributed by atoms with Crippen molar-refractivity contribution in [1.82, 2.24) is 15.1 Å². The molecule has 9 heteroatoms. The molecule has 2 heterocycles. The Kier molecular flexibility index (Phi) is 10.6. The van der Waals surface area contributed by atoms with E-state index in [2.05, 4.69) is 10.2 Å². The normalized spacial score (nSPS) is 19.6. The van der Waals surface area contributed by atoms with Gasteiger partial charge in [0.2, 0.25) is 11.8 Å². The number of hydrogen-bond acceptors (Lipinski definition) is 5. The summed E-state index contributed by atoms with van der Waals surface area (Å²) in [5.74, 6) is -0.182. The monoisotopic (exact) mass is 432 g/mol. The summed E-state index contributed by atoms with van der Waals surface area (Å²) in [6.45, 7) is 5.97. The Morgan fingerprint density at radius 3 is 2.50 bits per heavy atom. The molecule has 1 aromatic rings. The highest BCUT2D eigenvalue weighted by atomic mass is 35.5. The Balaban J connectivity index is 0.00000196. The van der Waals surface area contributed by atoms with Gasteiger partial charge < -0.3 is 20.7 Å². The van der Waals surface area contributed by atoms with E-state index >= 15 is 0 Å². The second kappa shape index (κ2) is 12.1. The minimum absolute atomic E-state index is 0. The van der Waals surface area contributed by atoms with Crippen LogP contribution < -0.4 is 11.1 Å². The van der Waals surface area contributed by atoms with Crippen LogP contribution in [-0.4, -0.2) is 74.1 Å². The number of halogens is 2. The molecule has 158 valence electrons. The van der Waals surface area contributed by atoms with Crippen molar-refractivity contribution >= 4 is 42.3 Å². The van der Waals surface area contributed by atoms with E-state index in [-0.39, 0.29) is 42.5 Å². The van der Waals surface area contributed by atoms with Crippen molar-refractivity contribution in [3.05, 3.63) is 29.8 Å². The second-order valence-electron chi connectivity index (χ2n) is 6.98. The maximum Gasteiger partial charge on any atom is 0.225 e. The lowest BCUT2D eigenvalue weighted by molar-refractivity contribution is -0.129. The van der Waals surface area contributed by atoms with Crippen LogP contribution in [0.3, 0.4) is 0 Å². The van der Waals surface area contributed by atoms with Crippen LogP contribution in [0.1, 0.15) is 12.0 Å². The number of nitrogen functional groups attached to an aromatic ring is 1. The summed E-state index contributed by atoms with van der Waals surface area (Å²) < 4.78 is 5.34. The summed E-state index contributed by atoms with van der Waals surface area (Å²) in [5.41, 5.74) is 7.54. The molecule has 0 saturated carbocycles. The first-order valence-corrected chi connectivity index (χ1v) is 9.32. The van der Waals surface area contributed by atoms with Crippen molar-refractivity contribution in [3.63, 3.8) is 0 Å². The van der Waals surface area contributed by atoms with E-state index in [4.69, 9.17) is 10.5 Å². The van der Waals surface area contributed by atoms with Gasteiger partial charge in [-0.25, -0.2) is 0 Å². The molecule has 1 unspecified atom stereocenters.